The van der Waals surface area contributed by atoms with Gasteiger partial charge in [0.05, 0.1) is 5.92 Å². The van der Waals surface area contributed by atoms with Gasteiger partial charge in [0, 0.05) is 18.7 Å². The van der Waals surface area contributed by atoms with Crippen LogP contribution >= 0.6 is 11.3 Å². The zero-order valence-electron chi connectivity index (χ0n) is 13.8. The average Bonchev–Trinajstić information content (AvgIpc) is 3.11. The van der Waals surface area contributed by atoms with Crippen molar-refractivity contribution in [3.63, 3.8) is 0 Å². The molecule has 1 aliphatic heterocycles. The first-order chi connectivity index (χ1) is 12.7. The molecule has 144 valence electrons. The van der Waals surface area contributed by atoms with E-state index in [1.807, 2.05) is 0 Å². The van der Waals surface area contributed by atoms with Crippen LogP contribution in [-0.4, -0.2) is 40.0 Å². The van der Waals surface area contributed by atoms with E-state index in [2.05, 4.69) is 15.5 Å². The molecule has 0 unspecified atom stereocenters. The van der Waals surface area contributed by atoms with Crippen LogP contribution in [0.2, 0.25) is 0 Å². The van der Waals surface area contributed by atoms with Gasteiger partial charge in [-0.25, -0.2) is 4.39 Å². The van der Waals surface area contributed by atoms with Crippen LogP contribution in [-0.2, 0) is 11.0 Å². The van der Waals surface area contributed by atoms with Crippen molar-refractivity contribution in [3.05, 3.63) is 40.7 Å². The van der Waals surface area contributed by atoms with Crippen LogP contribution in [0.1, 0.15) is 28.2 Å². The molecule has 1 aromatic carbocycles. The van der Waals surface area contributed by atoms with Crippen LogP contribution in [0.25, 0.3) is 0 Å². The molecular weight excluding hydrogens is 388 g/mol. The van der Waals surface area contributed by atoms with Gasteiger partial charge in [0.1, 0.15) is 5.82 Å². The van der Waals surface area contributed by atoms with E-state index in [9.17, 15) is 27.2 Å². The summed E-state index contributed by atoms with van der Waals surface area (Å²) in [6, 6.07) is 5.08. The number of anilines is 1. The Balaban J connectivity index is 1.63. The number of hydrogen-bond acceptors (Lipinski definition) is 5. The third-order valence-electron chi connectivity index (χ3n) is 4.07. The van der Waals surface area contributed by atoms with Gasteiger partial charge in [-0.15, -0.1) is 10.2 Å². The summed E-state index contributed by atoms with van der Waals surface area (Å²) in [5.41, 5.74) is 0.302. The molecule has 11 heteroatoms. The summed E-state index contributed by atoms with van der Waals surface area (Å²) in [6.07, 6.45) is -3.57. The molecule has 0 bridgehead atoms. The minimum atomic E-state index is -4.62. The van der Waals surface area contributed by atoms with Crippen LogP contribution in [0.3, 0.4) is 0 Å². The predicted molar refractivity (Wildman–Crippen MR) is 88.6 cm³/mol. The van der Waals surface area contributed by atoms with E-state index in [0.29, 0.717) is 24.9 Å². The van der Waals surface area contributed by atoms with Crippen molar-refractivity contribution in [1.82, 2.24) is 15.1 Å². The van der Waals surface area contributed by atoms with E-state index in [0.717, 1.165) is 0 Å². The lowest BCUT2D eigenvalue weighted by molar-refractivity contribution is -0.138. The summed E-state index contributed by atoms with van der Waals surface area (Å²) in [4.78, 5) is 26.3. The van der Waals surface area contributed by atoms with Crippen LogP contribution in [0.4, 0.5) is 22.7 Å². The van der Waals surface area contributed by atoms with Crippen LogP contribution in [0.5, 0.6) is 0 Å². The first-order valence-corrected chi connectivity index (χ1v) is 8.82. The van der Waals surface area contributed by atoms with E-state index in [-0.39, 0.29) is 28.9 Å². The maximum absolute atomic E-state index is 13.0. The summed E-state index contributed by atoms with van der Waals surface area (Å²) in [6.45, 7) is 0.560. The van der Waals surface area contributed by atoms with E-state index in [4.69, 9.17) is 0 Å². The van der Waals surface area contributed by atoms with Gasteiger partial charge in [0.25, 0.3) is 5.91 Å². The maximum Gasteiger partial charge on any atom is 0.445 e. The number of likely N-dealkylation sites (tertiary alicyclic amines) is 1. The monoisotopic (exact) mass is 402 g/mol. The molecule has 0 saturated carbocycles. The molecule has 0 aliphatic carbocycles. The highest BCUT2D eigenvalue weighted by Gasteiger charge is 2.36. The summed E-state index contributed by atoms with van der Waals surface area (Å²) in [5, 5.41) is 7.28. The second-order valence-corrected chi connectivity index (χ2v) is 6.97. The number of aromatic nitrogens is 2. The fourth-order valence-electron chi connectivity index (χ4n) is 2.75. The van der Waals surface area contributed by atoms with Crippen molar-refractivity contribution >= 4 is 28.3 Å². The maximum atomic E-state index is 13.0. The Labute approximate surface area is 155 Å². The van der Waals surface area contributed by atoms with Gasteiger partial charge in [-0.2, -0.15) is 13.2 Å². The van der Waals surface area contributed by atoms with Gasteiger partial charge in [0.15, 0.2) is 0 Å². The minimum Gasteiger partial charge on any atom is -0.338 e. The quantitative estimate of drug-likeness (QED) is 0.801. The van der Waals surface area contributed by atoms with E-state index >= 15 is 0 Å². The van der Waals surface area contributed by atoms with Crippen molar-refractivity contribution in [2.75, 3.05) is 18.4 Å². The van der Waals surface area contributed by atoms with Crippen molar-refractivity contribution in [3.8, 4) is 0 Å². The number of halogens is 4. The average molecular weight is 402 g/mol. The number of piperidine rings is 1. The molecule has 3 rings (SSSR count). The van der Waals surface area contributed by atoms with Gasteiger partial charge in [0.2, 0.25) is 16.0 Å². The van der Waals surface area contributed by atoms with Gasteiger partial charge < -0.3 is 10.2 Å². The zero-order chi connectivity index (χ0) is 19.6. The molecule has 27 heavy (non-hydrogen) atoms. The number of carbonyl (C=O) groups is 2. The van der Waals surface area contributed by atoms with Gasteiger partial charge in [-0.3, -0.25) is 9.59 Å². The first kappa shape index (κ1) is 19.2. The molecule has 2 aromatic rings. The highest BCUT2D eigenvalue weighted by atomic mass is 32.1. The number of rotatable bonds is 3. The highest BCUT2D eigenvalue weighted by molar-refractivity contribution is 7.15. The third kappa shape index (κ3) is 4.59. The number of hydrogen-bond donors (Lipinski definition) is 1. The van der Waals surface area contributed by atoms with E-state index < -0.39 is 28.8 Å². The van der Waals surface area contributed by atoms with Crippen molar-refractivity contribution in [1.29, 1.82) is 0 Å². The Morgan fingerprint density at radius 1 is 1.19 bits per heavy atom. The number of alkyl halides is 3. The Bertz CT molecular complexity index is 838. The largest absolute Gasteiger partial charge is 0.445 e. The molecule has 1 atom stereocenters. The molecule has 1 aromatic heterocycles. The summed E-state index contributed by atoms with van der Waals surface area (Å²) in [5.74, 6) is -1.89. The molecule has 6 nitrogen and oxygen atoms in total. The third-order valence-corrected chi connectivity index (χ3v) is 4.95. The van der Waals surface area contributed by atoms with Crippen molar-refractivity contribution in [2.45, 2.75) is 19.0 Å². The second-order valence-electron chi connectivity index (χ2n) is 6.00. The number of nitrogens with zero attached hydrogens (tertiary/aromatic N) is 3. The number of carbonyl (C=O) groups excluding carboxylic acids is 2. The normalized spacial score (nSPS) is 17.6. The molecule has 1 fully saturated rings. The van der Waals surface area contributed by atoms with Gasteiger partial charge >= 0.3 is 6.18 Å². The Kier molecular flexibility index (Phi) is 5.40. The number of nitrogens with one attached hydrogen (secondary N) is 1. The molecule has 0 spiro atoms. The van der Waals surface area contributed by atoms with Gasteiger partial charge in [-0.05, 0) is 37.1 Å². The highest BCUT2D eigenvalue weighted by Crippen LogP contribution is 2.33. The number of amides is 2. The molecule has 0 radical (unpaired) electrons. The lowest BCUT2D eigenvalue weighted by Gasteiger charge is -2.32. The fourth-order valence-corrected chi connectivity index (χ4v) is 3.36. The standard InChI is InChI=1S/C16H14F4N4O2S/c17-11-5-3-9(4-6-11)13(26)24-7-1-2-10(8-24)12(25)21-15-23-22-14(27-15)16(18,19)20/h3-6,10H,1-2,7-8H2,(H,21,23,25)/t10-/m1/s1. The first-order valence-electron chi connectivity index (χ1n) is 8.00. The lowest BCUT2D eigenvalue weighted by Crippen LogP contribution is -2.43. The molecule has 1 N–H and O–H groups in total. The lowest BCUT2D eigenvalue weighted by atomic mass is 9.96. The van der Waals surface area contributed by atoms with Crippen molar-refractivity contribution in [2.24, 2.45) is 5.92 Å². The van der Waals surface area contributed by atoms with Gasteiger partial charge in [-0.1, -0.05) is 11.3 Å². The summed E-state index contributed by atoms with van der Waals surface area (Å²) < 4.78 is 50.6. The Hall–Kier alpha value is -2.56. The van der Waals surface area contributed by atoms with Crippen LogP contribution < -0.4 is 5.32 Å². The summed E-state index contributed by atoms with van der Waals surface area (Å²) in [7, 11) is 0. The molecule has 1 saturated heterocycles. The van der Waals surface area contributed by atoms with Crippen molar-refractivity contribution < 1.29 is 27.2 Å². The second kappa shape index (κ2) is 7.59. The Morgan fingerprint density at radius 2 is 1.89 bits per heavy atom. The van der Waals surface area contributed by atoms with Crippen LogP contribution in [0, 0.1) is 11.7 Å². The zero-order valence-corrected chi connectivity index (χ0v) is 14.6. The fraction of sp³-hybridized carbons (Fsp3) is 0.375. The minimum absolute atomic E-state index is 0.118. The smallest absolute Gasteiger partial charge is 0.338 e. The molecule has 2 amide bonds. The van der Waals surface area contributed by atoms with E-state index in [1.165, 1.54) is 29.2 Å². The number of benzene rings is 1. The van der Waals surface area contributed by atoms with Crippen LogP contribution in [0.15, 0.2) is 24.3 Å². The SMILES string of the molecule is O=C(Nc1nnc(C(F)(F)F)s1)[C@@H]1CCCN(C(=O)c2ccc(F)cc2)C1. The van der Waals surface area contributed by atoms with E-state index in [1.54, 1.807) is 0 Å². The molecule has 2 heterocycles. The Morgan fingerprint density at radius 3 is 2.52 bits per heavy atom. The molecule has 1 aliphatic rings. The molecular formula is C16H14F4N4O2S. The summed E-state index contributed by atoms with van der Waals surface area (Å²) >= 11 is 0.242. The predicted octanol–water partition coefficient (Wildman–Crippen LogP) is 3.19. The topological polar surface area (TPSA) is 75.2 Å².